The molecule has 0 unspecified atom stereocenters. The molecule has 0 bridgehead atoms. The second-order valence-corrected chi connectivity index (χ2v) is 3.51. The summed E-state index contributed by atoms with van der Waals surface area (Å²) in [5.74, 6) is -0.773. The minimum Gasteiger partial charge on any atom is -0.377 e. The number of alkyl halides is 3. The fraction of sp³-hybridized carbons (Fsp3) is 0.400. The monoisotopic (exact) mass is 282 g/mol. The van der Waals surface area contributed by atoms with Crippen LogP contribution in [0.3, 0.4) is 0 Å². The van der Waals surface area contributed by atoms with Gasteiger partial charge in [-0.2, -0.15) is 13.2 Å². The van der Waals surface area contributed by atoms with Gasteiger partial charge in [-0.25, -0.2) is 4.39 Å². The largest absolute Gasteiger partial charge is 0.411 e. The number of hydrogen-bond donors (Lipinski definition) is 1. The summed E-state index contributed by atoms with van der Waals surface area (Å²) >= 11 is 0. The topological polar surface area (TPSA) is 64.4 Å². The zero-order valence-corrected chi connectivity index (χ0v) is 9.54. The lowest BCUT2D eigenvalue weighted by Crippen LogP contribution is -2.20. The van der Waals surface area contributed by atoms with Crippen molar-refractivity contribution in [2.24, 2.45) is 0 Å². The minimum absolute atomic E-state index is 0.0157. The van der Waals surface area contributed by atoms with Crippen molar-refractivity contribution in [3.63, 3.8) is 0 Å². The van der Waals surface area contributed by atoms with Crippen LogP contribution in [0.25, 0.3) is 0 Å². The summed E-state index contributed by atoms with van der Waals surface area (Å²) in [4.78, 5) is 9.82. The zero-order valence-electron chi connectivity index (χ0n) is 9.54. The van der Waals surface area contributed by atoms with E-state index in [1.54, 1.807) is 0 Å². The molecule has 0 aromatic heterocycles. The lowest BCUT2D eigenvalue weighted by molar-refractivity contribution is -0.384. The normalized spacial score (nSPS) is 11.4. The van der Waals surface area contributed by atoms with Crippen LogP contribution in [0.5, 0.6) is 0 Å². The van der Waals surface area contributed by atoms with Gasteiger partial charge in [0.15, 0.2) is 0 Å². The number of anilines is 1. The molecule has 0 aliphatic rings. The Morgan fingerprint density at radius 3 is 2.63 bits per heavy atom. The molecule has 0 saturated heterocycles. The summed E-state index contributed by atoms with van der Waals surface area (Å²) in [6, 6.07) is 2.86. The maximum absolute atomic E-state index is 12.8. The van der Waals surface area contributed by atoms with Crippen molar-refractivity contribution in [3.05, 3.63) is 34.1 Å². The van der Waals surface area contributed by atoms with Crippen molar-refractivity contribution in [1.82, 2.24) is 0 Å². The van der Waals surface area contributed by atoms with Gasteiger partial charge in [-0.1, -0.05) is 0 Å². The third kappa shape index (κ3) is 5.51. The van der Waals surface area contributed by atoms with E-state index >= 15 is 0 Å². The molecule has 0 aliphatic heterocycles. The number of nitro groups is 1. The number of nitrogens with zero attached hydrogens (tertiary/aromatic N) is 1. The number of benzene rings is 1. The lowest BCUT2D eigenvalue weighted by Gasteiger charge is -2.09. The lowest BCUT2D eigenvalue weighted by atomic mass is 10.2. The second-order valence-electron chi connectivity index (χ2n) is 3.51. The van der Waals surface area contributed by atoms with Gasteiger partial charge in [-0.05, 0) is 12.1 Å². The van der Waals surface area contributed by atoms with E-state index in [1.165, 1.54) is 0 Å². The summed E-state index contributed by atoms with van der Waals surface area (Å²) in [6.45, 7) is -1.74. The highest BCUT2D eigenvalue weighted by Gasteiger charge is 2.27. The molecule has 0 spiro atoms. The molecular weight excluding hydrogens is 272 g/mol. The van der Waals surface area contributed by atoms with E-state index < -0.39 is 29.2 Å². The highest BCUT2D eigenvalue weighted by molar-refractivity contribution is 5.61. The maximum Gasteiger partial charge on any atom is 0.411 e. The van der Waals surface area contributed by atoms with Gasteiger partial charge in [-0.3, -0.25) is 10.1 Å². The quantitative estimate of drug-likeness (QED) is 0.377. The van der Waals surface area contributed by atoms with Gasteiger partial charge in [-0.15, -0.1) is 0 Å². The highest BCUT2D eigenvalue weighted by atomic mass is 19.4. The summed E-state index contributed by atoms with van der Waals surface area (Å²) < 4.78 is 52.3. The number of hydrogen-bond acceptors (Lipinski definition) is 4. The van der Waals surface area contributed by atoms with Gasteiger partial charge < -0.3 is 10.1 Å². The van der Waals surface area contributed by atoms with Gasteiger partial charge in [0.05, 0.1) is 17.6 Å². The van der Waals surface area contributed by atoms with Gasteiger partial charge >= 0.3 is 6.18 Å². The molecule has 0 amide bonds. The van der Waals surface area contributed by atoms with Crippen molar-refractivity contribution < 1.29 is 27.2 Å². The van der Waals surface area contributed by atoms with Crippen LogP contribution in [-0.2, 0) is 4.74 Å². The van der Waals surface area contributed by atoms with Crippen LogP contribution in [0.2, 0.25) is 0 Å². The first-order chi connectivity index (χ1) is 8.79. The molecule has 1 N–H and O–H groups in total. The molecule has 1 aromatic rings. The Morgan fingerprint density at radius 2 is 2.05 bits per heavy atom. The highest BCUT2D eigenvalue weighted by Crippen LogP contribution is 2.24. The Kier molecular flexibility index (Phi) is 5.04. The van der Waals surface area contributed by atoms with Crippen LogP contribution >= 0.6 is 0 Å². The molecule has 1 aromatic carbocycles. The van der Waals surface area contributed by atoms with E-state index in [0.29, 0.717) is 0 Å². The Balaban J connectivity index is 2.47. The summed E-state index contributed by atoms with van der Waals surface area (Å²) in [6.07, 6.45) is -4.41. The van der Waals surface area contributed by atoms with Gasteiger partial charge in [0, 0.05) is 6.54 Å². The Morgan fingerprint density at radius 1 is 1.37 bits per heavy atom. The maximum atomic E-state index is 12.8. The minimum atomic E-state index is -4.41. The molecule has 19 heavy (non-hydrogen) atoms. The summed E-state index contributed by atoms with van der Waals surface area (Å²) in [5, 5.41) is 13.1. The number of nitrogens with one attached hydrogen (secondary N) is 1. The van der Waals surface area contributed by atoms with E-state index in [2.05, 4.69) is 10.1 Å². The standard InChI is InChI=1S/C10H10F4N2O3/c11-7-1-2-8(9(5-7)16(17)18)15-3-4-19-6-10(12,13)14/h1-2,5,15H,3-4,6H2. The number of halogens is 4. The van der Waals surface area contributed by atoms with E-state index in [1.807, 2.05) is 0 Å². The third-order valence-corrected chi connectivity index (χ3v) is 1.98. The summed E-state index contributed by atoms with van der Waals surface area (Å²) in [5.41, 5.74) is -0.474. The molecule has 0 heterocycles. The predicted octanol–water partition coefficient (Wildman–Crippen LogP) is 2.72. The average Bonchev–Trinajstić information content (AvgIpc) is 2.28. The first-order valence-electron chi connectivity index (χ1n) is 5.12. The van der Waals surface area contributed by atoms with Gasteiger partial charge in [0.25, 0.3) is 5.69 Å². The fourth-order valence-corrected chi connectivity index (χ4v) is 1.25. The SMILES string of the molecule is O=[N+]([O-])c1cc(F)ccc1NCCOCC(F)(F)F. The third-order valence-electron chi connectivity index (χ3n) is 1.98. The fourth-order valence-electron chi connectivity index (χ4n) is 1.25. The molecular formula is C10H10F4N2O3. The van der Waals surface area contributed by atoms with Crippen LogP contribution in [0.15, 0.2) is 18.2 Å². The number of ether oxygens (including phenoxy) is 1. The van der Waals surface area contributed by atoms with Crippen LogP contribution < -0.4 is 5.32 Å². The van der Waals surface area contributed by atoms with E-state index in [0.717, 1.165) is 18.2 Å². The van der Waals surface area contributed by atoms with E-state index in [4.69, 9.17) is 0 Å². The molecule has 106 valence electrons. The summed E-state index contributed by atoms with van der Waals surface area (Å²) in [7, 11) is 0. The molecule has 0 radical (unpaired) electrons. The number of nitro benzene ring substituents is 1. The van der Waals surface area contributed by atoms with Crippen molar-refractivity contribution in [3.8, 4) is 0 Å². The second kappa shape index (κ2) is 6.32. The first-order valence-corrected chi connectivity index (χ1v) is 5.12. The van der Waals surface area contributed by atoms with E-state index in [-0.39, 0.29) is 18.8 Å². The van der Waals surface area contributed by atoms with Crippen molar-refractivity contribution in [1.29, 1.82) is 0 Å². The Labute approximate surface area is 105 Å². The van der Waals surface area contributed by atoms with Crippen molar-refractivity contribution in [2.75, 3.05) is 25.1 Å². The molecule has 0 saturated carbocycles. The molecule has 5 nitrogen and oxygen atoms in total. The van der Waals surface area contributed by atoms with Crippen molar-refractivity contribution in [2.45, 2.75) is 6.18 Å². The number of rotatable bonds is 6. The molecule has 9 heteroatoms. The molecule has 1 rings (SSSR count). The zero-order chi connectivity index (χ0) is 14.5. The molecule has 0 aliphatic carbocycles. The molecule has 0 atom stereocenters. The van der Waals surface area contributed by atoms with Crippen molar-refractivity contribution >= 4 is 11.4 Å². The van der Waals surface area contributed by atoms with E-state index in [9.17, 15) is 27.7 Å². The van der Waals surface area contributed by atoms with Crippen LogP contribution in [0.4, 0.5) is 28.9 Å². The van der Waals surface area contributed by atoms with Crippen LogP contribution in [-0.4, -0.2) is 30.9 Å². The van der Waals surface area contributed by atoms with Crippen LogP contribution in [0, 0.1) is 15.9 Å². The average molecular weight is 282 g/mol. The predicted molar refractivity (Wildman–Crippen MR) is 58.4 cm³/mol. The Hall–Kier alpha value is -1.90. The van der Waals surface area contributed by atoms with Gasteiger partial charge in [0.2, 0.25) is 0 Å². The molecule has 0 fully saturated rings. The first kappa shape index (κ1) is 15.2. The van der Waals surface area contributed by atoms with Crippen LogP contribution in [0.1, 0.15) is 0 Å². The Bertz CT molecular complexity index is 451. The smallest absolute Gasteiger partial charge is 0.377 e. The van der Waals surface area contributed by atoms with Gasteiger partial charge in [0.1, 0.15) is 18.1 Å².